The Hall–Kier alpha value is -4.14. The van der Waals surface area contributed by atoms with Crippen molar-refractivity contribution < 1.29 is 27.6 Å². The van der Waals surface area contributed by atoms with Crippen molar-refractivity contribution in [3.05, 3.63) is 101 Å². The summed E-state index contributed by atoms with van der Waals surface area (Å²) in [7, 11) is 0. The van der Waals surface area contributed by atoms with Gasteiger partial charge in [0.1, 0.15) is 0 Å². The summed E-state index contributed by atoms with van der Waals surface area (Å²) in [6.45, 7) is 0.427. The van der Waals surface area contributed by atoms with E-state index in [0.717, 1.165) is 12.1 Å². The quantitative estimate of drug-likeness (QED) is 0.469. The van der Waals surface area contributed by atoms with Gasteiger partial charge in [-0.2, -0.15) is 13.2 Å². The third-order valence-corrected chi connectivity index (χ3v) is 4.61. The third-order valence-electron chi connectivity index (χ3n) is 4.61. The SMILES string of the molecule is O=C(NCCNC(=O)c1ccc(NC(=O)c2ccccc2C(F)(F)F)cc1)c1ccccc1. The fourth-order valence-electron chi connectivity index (χ4n) is 2.98. The van der Waals surface area contributed by atoms with Crippen molar-refractivity contribution in [3.63, 3.8) is 0 Å². The lowest BCUT2D eigenvalue weighted by Crippen LogP contribution is -2.34. The molecule has 0 spiro atoms. The highest BCUT2D eigenvalue weighted by molar-refractivity contribution is 6.05. The summed E-state index contributed by atoms with van der Waals surface area (Å²) < 4.78 is 39.3. The number of alkyl halides is 3. The molecule has 0 aliphatic heterocycles. The summed E-state index contributed by atoms with van der Waals surface area (Å²) in [5.41, 5.74) is -0.483. The summed E-state index contributed by atoms with van der Waals surface area (Å²) in [4.78, 5) is 36.5. The average Bonchev–Trinajstić information content (AvgIpc) is 2.82. The van der Waals surface area contributed by atoms with Crippen LogP contribution in [0.25, 0.3) is 0 Å². The van der Waals surface area contributed by atoms with E-state index in [2.05, 4.69) is 16.0 Å². The van der Waals surface area contributed by atoms with Gasteiger partial charge in [-0.05, 0) is 48.5 Å². The van der Waals surface area contributed by atoms with Crippen LogP contribution >= 0.6 is 0 Å². The van der Waals surface area contributed by atoms with Gasteiger partial charge >= 0.3 is 6.18 Å². The molecule has 0 aliphatic rings. The number of carbonyl (C=O) groups excluding carboxylic acids is 3. The van der Waals surface area contributed by atoms with Crippen LogP contribution in [0, 0.1) is 0 Å². The second-order valence-corrected chi connectivity index (χ2v) is 6.95. The van der Waals surface area contributed by atoms with Crippen LogP contribution < -0.4 is 16.0 Å². The highest BCUT2D eigenvalue weighted by Crippen LogP contribution is 2.32. The molecule has 0 saturated carbocycles. The van der Waals surface area contributed by atoms with E-state index in [9.17, 15) is 27.6 Å². The molecule has 3 aromatic rings. The molecule has 0 saturated heterocycles. The number of hydrogen-bond donors (Lipinski definition) is 3. The Kier molecular flexibility index (Phi) is 7.45. The predicted molar refractivity (Wildman–Crippen MR) is 117 cm³/mol. The van der Waals surface area contributed by atoms with Gasteiger partial charge in [0.15, 0.2) is 0 Å². The Morgan fingerprint density at radius 1 is 0.636 bits per heavy atom. The van der Waals surface area contributed by atoms with Crippen LogP contribution in [-0.2, 0) is 6.18 Å². The molecular formula is C24H20F3N3O3. The lowest BCUT2D eigenvalue weighted by atomic mass is 10.1. The van der Waals surface area contributed by atoms with Crippen LogP contribution in [0.3, 0.4) is 0 Å². The van der Waals surface area contributed by atoms with E-state index in [0.29, 0.717) is 5.56 Å². The Bertz CT molecular complexity index is 1130. The number of anilines is 1. The van der Waals surface area contributed by atoms with Crippen molar-refractivity contribution >= 4 is 23.4 Å². The van der Waals surface area contributed by atoms with Gasteiger partial charge in [0.25, 0.3) is 17.7 Å². The van der Waals surface area contributed by atoms with Gasteiger partial charge in [-0.1, -0.05) is 30.3 Å². The Balaban J connectivity index is 1.51. The van der Waals surface area contributed by atoms with Gasteiger partial charge < -0.3 is 16.0 Å². The molecular weight excluding hydrogens is 435 g/mol. The maximum absolute atomic E-state index is 13.1. The molecule has 9 heteroatoms. The molecule has 0 heterocycles. The lowest BCUT2D eigenvalue weighted by Gasteiger charge is -2.13. The van der Waals surface area contributed by atoms with E-state index >= 15 is 0 Å². The number of benzene rings is 3. The summed E-state index contributed by atoms with van der Waals surface area (Å²) in [6, 6.07) is 18.8. The van der Waals surface area contributed by atoms with Crippen molar-refractivity contribution in [1.29, 1.82) is 0 Å². The number of carbonyl (C=O) groups is 3. The van der Waals surface area contributed by atoms with E-state index in [1.165, 1.54) is 36.4 Å². The van der Waals surface area contributed by atoms with Gasteiger partial charge in [0.2, 0.25) is 0 Å². The molecule has 3 rings (SSSR count). The molecule has 0 aromatic heterocycles. The fourth-order valence-corrected chi connectivity index (χ4v) is 2.98. The van der Waals surface area contributed by atoms with E-state index < -0.39 is 29.1 Å². The highest BCUT2D eigenvalue weighted by atomic mass is 19.4. The van der Waals surface area contributed by atoms with E-state index in [-0.39, 0.29) is 30.2 Å². The van der Waals surface area contributed by atoms with Gasteiger partial charge in [0, 0.05) is 29.9 Å². The summed E-state index contributed by atoms with van der Waals surface area (Å²) in [5, 5.41) is 7.73. The second kappa shape index (κ2) is 10.4. The molecule has 0 radical (unpaired) electrons. The second-order valence-electron chi connectivity index (χ2n) is 6.95. The van der Waals surface area contributed by atoms with Crippen molar-refractivity contribution in [2.45, 2.75) is 6.18 Å². The largest absolute Gasteiger partial charge is 0.417 e. The van der Waals surface area contributed by atoms with E-state index in [1.807, 2.05) is 0 Å². The molecule has 0 unspecified atom stereocenters. The minimum atomic E-state index is -4.66. The number of rotatable bonds is 7. The molecule has 0 bridgehead atoms. The van der Waals surface area contributed by atoms with Gasteiger partial charge in [-0.15, -0.1) is 0 Å². The molecule has 6 nitrogen and oxygen atoms in total. The third kappa shape index (κ3) is 6.42. The number of nitrogens with one attached hydrogen (secondary N) is 3. The highest BCUT2D eigenvalue weighted by Gasteiger charge is 2.34. The standard InChI is InChI=1S/C24H20F3N3O3/c25-24(26,27)20-9-5-4-8-19(20)23(33)30-18-12-10-17(11-13-18)22(32)29-15-14-28-21(31)16-6-2-1-3-7-16/h1-13H,14-15H2,(H,28,31)(H,29,32)(H,30,33). The number of halogens is 3. The zero-order valence-corrected chi connectivity index (χ0v) is 17.3. The molecule has 33 heavy (non-hydrogen) atoms. The molecule has 0 fully saturated rings. The van der Waals surface area contributed by atoms with Crippen LogP contribution in [0.1, 0.15) is 36.6 Å². The van der Waals surface area contributed by atoms with Crippen LogP contribution in [0.4, 0.5) is 18.9 Å². The predicted octanol–water partition coefficient (Wildman–Crippen LogP) is 4.12. The van der Waals surface area contributed by atoms with Crippen molar-refractivity contribution in [1.82, 2.24) is 10.6 Å². The summed E-state index contributed by atoms with van der Waals surface area (Å²) >= 11 is 0. The van der Waals surface area contributed by atoms with Crippen molar-refractivity contribution in [2.75, 3.05) is 18.4 Å². The Labute approximate surface area is 187 Å². The van der Waals surface area contributed by atoms with Gasteiger partial charge in [-0.25, -0.2) is 0 Å². The van der Waals surface area contributed by atoms with Crippen molar-refractivity contribution in [2.24, 2.45) is 0 Å². The molecule has 3 aromatic carbocycles. The van der Waals surface area contributed by atoms with Gasteiger partial charge in [-0.3, -0.25) is 14.4 Å². The Morgan fingerprint density at radius 3 is 1.73 bits per heavy atom. The Morgan fingerprint density at radius 2 is 1.15 bits per heavy atom. The van der Waals surface area contributed by atoms with E-state index in [4.69, 9.17) is 0 Å². The monoisotopic (exact) mass is 455 g/mol. The first kappa shape index (κ1) is 23.5. The zero-order valence-electron chi connectivity index (χ0n) is 17.3. The van der Waals surface area contributed by atoms with Crippen molar-refractivity contribution in [3.8, 4) is 0 Å². The molecule has 3 amide bonds. The number of amides is 3. The van der Waals surface area contributed by atoms with Gasteiger partial charge in [0.05, 0.1) is 11.1 Å². The van der Waals surface area contributed by atoms with Crippen LogP contribution in [0.15, 0.2) is 78.9 Å². The molecule has 0 aliphatic carbocycles. The summed E-state index contributed by atoms with van der Waals surface area (Å²) in [6.07, 6.45) is -4.66. The first-order chi connectivity index (χ1) is 15.8. The van der Waals surface area contributed by atoms with Crippen LogP contribution in [-0.4, -0.2) is 30.8 Å². The lowest BCUT2D eigenvalue weighted by molar-refractivity contribution is -0.137. The molecule has 170 valence electrons. The van der Waals surface area contributed by atoms with E-state index in [1.54, 1.807) is 30.3 Å². The fraction of sp³-hybridized carbons (Fsp3) is 0.125. The van der Waals surface area contributed by atoms with Crippen LogP contribution in [0.2, 0.25) is 0 Å². The maximum atomic E-state index is 13.1. The minimum Gasteiger partial charge on any atom is -0.350 e. The zero-order chi connectivity index (χ0) is 23.8. The summed E-state index contributed by atoms with van der Waals surface area (Å²) in [5.74, 6) is -1.56. The normalized spacial score (nSPS) is 10.9. The first-order valence-electron chi connectivity index (χ1n) is 9.95. The maximum Gasteiger partial charge on any atom is 0.417 e. The average molecular weight is 455 g/mol. The molecule has 3 N–H and O–H groups in total. The topological polar surface area (TPSA) is 87.3 Å². The smallest absolute Gasteiger partial charge is 0.350 e. The number of hydrogen-bond acceptors (Lipinski definition) is 3. The van der Waals surface area contributed by atoms with Crippen LogP contribution in [0.5, 0.6) is 0 Å². The minimum absolute atomic E-state index is 0.199. The molecule has 0 atom stereocenters. The first-order valence-corrected chi connectivity index (χ1v) is 9.95.